The van der Waals surface area contributed by atoms with Gasteiger partial charge in [0.1, 0.15) is 0 Å². The van der Waals surface area contributed by atoms with Crippen LogP contribution >= 0.6 is 0 Å². The second-order valence-corrected chi connectivity index (χ2v) is 8.57. The molecule has 5 nitrogen and oxygen atoms in total. The molecule has 136 valence electrons. The Balaban J connectivity index is 1.52. The van der Waals surface area contributed by atoms with Crippen molar-refractivity contribution in [3.63, 3.8) is 0 Å². The SMILES string of the molecule is CC(=O)N1CC2(C[C@@H](O)[C@H](N3CCc4ncccc4C3)C2)C1C(C)C. The second-order valence-electron chi connectivity index (χ2n) is 8.57. The van der Waals surface area contributed by atoms with Crippen molar-refractivity contribution in [3.05, 3.63) is 29.6 Å². The van der Waals surface area contributed by atoms with Crippen LogP contribution in [0.2, 0.25) is 0 Å². The zero-order chi connectivity index (χ0) is 17.8. The maximum Gasteiger partial charge on any atom is 0.219 e. The van der Waals surface area contributed by atoms with Crippen LogP contribution in [-0.4, -0.2) is 57.1 Å². The van der Waals surface area contributed by atoms with Crippen molar-refractivity contribution in [3.8, 4) is 0 Å². The lowest BCUT2D eigenvalue weighted by Gasteiger charge is -2.58. The molecule has 0 bridgehead atoms. The molecule has 2 fully saturated rings. The van der Waals surface area contributed by atoms with Crippen molar-refractivity contribution >= 4 is 5.91 Å². The Kier molecular flexibility index (Phi) is 4.12. The summed E-state index contributed by atoms with van der Waals surface area (Å²) in [5, 5.41) is 10.9. The van der Waals surface area contributed by atoms with Gasteiger partial charge in [-0.15, -0.1) is 0 Å². The normalized spacial score (nSPS) is 35.1. The first-order chi connectivity index (χ1) is 11.9. The minimum atomic E-state index is -0.298. The fourth-order valence-electron chi connectivity index (χ4n) is 5.73. The van der Waals surface area contributed by atoms with Gasteiger partial charge in [-0.3, -0.25) is 14.7 Å². The van der Waals surface area contributed by atoms with Gasteiger partial charge in [0.25, 0.3) is 0 Å². The van der Waals surface area contributed by atoms with Crippen molar-refractivity contribution in [2.24, 2.45) is 11.3 Å². The molecule has 2 aliphatic heterocycles. The van der Waals surface area contributed by atoms with Gasteiger partial charge in [-0.05, 0) is 30.4 Å². The molecule has 4 rings (SSSR count). The van der Waals surface area contributed by atoms with Crippen LogP contribution in [0.1, 0.15) is 44.9 Å². The van der Waals surface area contributed by atoms with Crippen LogP contribution in [0.3, 0.4) is 0 Å². The molecular formula is C20H29N3O2. The highest BCUT2D eigenvalue weighted by Gasteiger charge is 2.60. The van der Waals surface area contributed by atoms with Gasteiger partial charge >= 0.3 is 0 Å². The van der Waals surface area contributed by atoms with Gasteiger partial charge in [0.05, 0.1) is 6.10 Å². The summed E-state index contributed by atoms with van der Waals surface area (Å²) in [5.74, 6) is 0.593. The number of pyridine rings is 1. The van der Waals surface area contributed by atoms with E-state index in [-0.39, 0.29) is 29.5 Å². The molecule has 1 saturated carbocycles. The fraction of sp³-hybridized carbons (Fsp3) is 0.700. The number of aliphatic hydroxyl groups excluding tert-OH is 1. The molecule has 3 aliphatic rings. The summed E-state index contributed by atoms with van der Waals surface area (Å²) < 4.78 is 0. The van der Waals surface area contributed by atoms with Gasteiger partial charge in [0, 0.05) is 62.4 Å². The largest absolute Gasteiger partial charge is 0.391 e. The molecule has 1 aromatic rings. The Hall–Kier alpha value is -1.46. The lowest BCUT2D eigenvalue weighted by molar-refractivity contribution is -0.158. The number of carbonyl (C=O) groups excluding carboxylic acids is 1. The zero-order valence-electron chi connectivity index (χ0n) is 15.5. The number of aliphatic hydroxyl groups is 1. The lowest BCUT2D eigenvalue weighted by atomic mass is 9.65. The van der Waals surface area contributed by atoms with E-state index < -0.39 is 0 Å². The van der Waals surface area contributed by atoms with Gasteiger partial charge < -0.3 is 10.0 Å². The van der Waals surface area contributed by atoms with Crippen molar-refractivity contribution < 1.29 is 9.90 Å². The van der Waals surface area contributed by atoms with Gasteiger partial charge in [0.15, 0.2) is 0 Å². The van der Waals surface area contributed by atoms with E-state index >= 15 is 0 Å². The molecular weight excluding hydrogens is 314 g/mol. The maximum atomic E-state index is 11.9. The molecule has 1 aromatic heterocycles. The third-order valence-electron chi connectivity index (χ3n) is 6.62. The van der Waals surface area contributed by atoms with Crippen molar-refractivity contribution in [1.29, 1.82) is 0 Å². The number of amides is 1. The van der Waals surface area contributed by atoms with E-state index in [4.69, 9.17) is 0 Å². The number of fused-ring (bicyclic) bond motifs is 1. The highest BCUT2D eigenvalue weighted by Crippen LogP contribution is 2.54. The summed E-state index contributed by atoms with van der Waals surface area (Å²) in [6.07, 6.45) is 4.34. The summed E-state index contributed by atoms with van der Waals surface area (Å²) in [4.78, 5) is 20.9. The predicted octanol–water partition coefficient (Wildman–Crippen LogP) is 1.84. The number of hydrogen-bond donors (Lipinski definition) is 1. The average Bonchev–Trinajstić information content (AvgIpc) is 2.91. The number of aromatic nitrogens is 1. The topological polar surface area (TPSA) is 56.7 Å². The number of likely N-dealkylation sites (tertiary alicyclic amines) is 1. The van der Waals surface area contributed by atoms with Gasteiger partial charge in [0.2, 0.25) is 5.91 Å². The lowest BCUT2D eigenvalue weighted by Crippen LogP contribution is -2.67. The smallest absolute Gasteiger partial charge is 0.219 e. The Bertz CT molecular complexity index is 677. The van der Waals surface area contributed by atoms with Crippen molar-refractivity contribution in [2.75, 3.05) is 13.1 Å². The molecule has 4 atom stereocenters. The standard InChI is InChI=1S/C20H29N3O2/c1-13(2)19-20(12-23(19)14(3)24)9-17(18(25)10-20)22-8-6-16-15(11-22)5-4-7-21-16/h4-5,7,13,17-19,25H,6,8-12H2,1-3H3/t17-,18-,19?,20?/m1/s1. The van der Waals surface area contributed by atoms with Crippen LogP contribution < -0.4 is 0 Å². The molecule has 3 heterocycles. The highest BCUT2D eigenvalue weighted by molar-refractivity contribution is 5.75. The third kappa shape index (κ3) is 2.68. The molecule has 25 heavy (non-hydrogen) atoms. The molecule has 5 heteroatoms. The maximum absolute atomic E-state index is 11.9. The molecule has 2 unspecified atom stereocenters. The van der Waals surface area contributed by atoms with Gasteiger partial charge in [-0.1, -0.05) is 19.9 Å². The number of nitrogens with zero attached hydrogens (tertiary/aromatic N) is 3. The molecule has 0 radical (unpaired) electrons. The van der Waals surface area contributed by atoms with E-state index in [1.165, 1.54) is 11.3 Å². The molecule has 1 aliphatic carbocycles. The first kappa shape index (κ1) is 17.0. The minimum absolute atomic E-state index is 0.0964. The van der Waals surface area contributed by atoms with Gasteiger partial charge in [-0.25, -0.2) is 0 Å². The third-order valence-corrected chi connectivity index (χ3v) is 6.62. The number of carbonyl (C=O) groups is 1. The minimum Gasteiger partial charge on any atom is -0.391 e. The fourth-order valence-corrected chi connectivity index (χ4v) is 5.73. The van der Waals surface area contributed by atoms with Crippen LogP contribution in [0, 0.1) is 11.3 Å². The van der Waals surface area contributed by atoms with Crippen molar-refractivity contribution in [1.82, 2.24) is 14.8 Å². The van der Waals surface area contributed by atoms with Crippen LogP contribution in [0.5, 0.6) is 0 Å². The van der Waals surface area contributed by atoms with Crippen LogP contribution in [0.25, 0.3) is 0 Å². The monoisotopic (exact) mass is 343 g/mol. The van der Waals surface area contributed by atoms with E-state index in [0.29, 0.717) is 5.92 Å². The van der Waals surface area contributed by atoms with Crippen molar-refractivity contribution in [2.45, 2.75) is 64.8 Å². The predicted molar refractivity (Wildman–Crippen MR) is 95.8 cm³/mol. The van der Waals surface area contributed by atoms with Crippen LogP contribution in [0.15, 0.2) is 18.3 Å². The zero-order valence-corrected chi connectivity index (χ0v) is 15.5. The summed E-state index contributed by atoms with van der Waals surface area (Å²) in [5.41, 5.74) is 2.59. The van der Waals surface area contributed by atoms with E-state index in [1.807, 2.05) is 17.2 Å². The number of rotatable bonds is 2. The van der Waals surface area contributed by atoms with Crippen LogP contribution in [-0.2, 0) is 17.8 Å². The molecule has 0 aromatic carbocycles. The summed E-state index contributed by atoms with van der Waals surface area (Å²) in [6.45, 7) is 8.72. The quantitative estimate of drug-likeness (QED) is 0.890. The Labute approximate surface area is 150 Å². The van der Waals surface area contributed by atoms with E-state index in [9.17, 15) is 9.90 Å². The Morgan fingerprint density at radius 2 is 2.20 bits per heavy atom. The molecule has 1 spiro atoms. The highest BCUT2D eigenvalue weighted by atomic mass is 16.3. The second kappa shape index (κ2) is 6.06. The Morgan fingerprint density at radius 1 is 1.40 bits per heavy atom. The summed E-state index contributed by atoms with van der Waals surface area (Å²) >= 11 is 0. The molecule has 1 saturated heterocycles. The number of hydrogen-bond acceptors (Lipinski definition) is 4. The summed E-state index contributed by atoms with van der Waals surface area (Å²) in [6, 6.07) is 4.62. The molecule has 1 amide bonds. The van der Waals surface area contributed by atoms with Gasteiger partial charge in [-0.2, -0.15) is 0 Å². The first-order valence-electron chi connectivity index (χ1n) is 9.53. The van der Waals surface area contributed by atoms with Crippen LogP contribution in [0.4, 0.5) is 0 Å². The Morgan fingerprint density at radius 3 is 2.92 bits per heavy atom. The summed E-state index contributed by atoms with van der Waals surface area (Å²) in [7, 11) is 0. The average molecular weight is 343 g/mol. The van der Waals surface area contributed by atoms with E-state index in [0.717, 1.165) is 38.9 Å². The molecule has 1 N–H and O–H groups in total. The van der Waals surface area contributed by atoms with E-state index in [1.54, 1.807) is 6.92 Å². The van der Waals surface area contributed by atoms with E-state index in [2.05, 4.69) is 29.8 Å². The first-order valence-corrected chi connectivity index (χ1v) is 9.53.